The highest BCUT2D eigenvalue weighted by molar-refractivity contribution is 6.32. The lowest BCUT2D eigenvalue weighted by Crippen LogP contribution is -2.45. The van der Waals surface area contributed by atoms with Gasteiger partial charge in [0.05, 0.1) is 17.5 Å². The van der Waals surface area contributed by atoms with Crippen LogP contribution in [0, 0.1) is 17.2 Å². The Morgan fingerprint density at radius 1 is 1.45 bits per heavy atom. The maximum absolute atomic E-state index is 9.48. The number of para-hydroxylation sites is 1. The van der Waals surface area contributed by atoms with E-state index in [0.717, 1.165) is 19.5 Å². The first-order valence-corrected chi connectivity index (χ1v) is 7.28. The third-order valence-corrected chi connectivity index (χ3v) is 4.20. The van der Waals surface area contributed by atoms with Crippen molar-refractivity contribution >= 4 is 17.4 Å². The SMILES string of the molecule is CC(=N)N1CCC(CO)C(COc2ccccc2Cl)C1. The Hall–Kier alpha value is -1.26. The zero-order valence-electron chi connectivity index (χ0n) is 11.7. The Morgan fingerprint density at radius 2 is 2.20 bits per heavy atom. The number of piperidine rings is 1. The first kappa shape index (κ1) is 15.1. The fourth-order valence-electron chi connectivity index (χ4n) is 2.57. The fourth-order valence-corrected chi connectivity index (χ4v) is 2.76. The molecule has 1 heterocycles. The highest BCUT2D eigenvalue weighted by Gasteiger charge is 2.29. The summed E-state index contributed by atoms with van der Waals surface area (Å²) in [5, 5.41) is 17.8. The lowest BCUT2D eigenvalue weighted by molar-refractivity contribution is 0.0736. The van der Waals surface area contributed by atoms with Gasteiger partial charge in [-0.1, -0.05) is 23.7 Å². The van der Waals surface area contributed by atoms with Crippen LogP contribution in [-0.4, -0.2) is 42.1 Å². The van der Waals surface area contributed by atoms with Gasteiger partial charge < -0.3 is 14.7 Å². The van der Waals surface area contributed by atoms with Crippen molar-refractivity contribution in [2.45, 2.75) is 13.3 Å². The molecule has 110 valence electrons. The Labute approximate surface area is 124 Å². The molecule has 2 rings (SSSR count). The average Bonchev–Trinajstić information content (AvgIpc) is 2.46. The summed E-state index contributed by atoms with van der Waals surface area (Å²) in [6.45, 7) is 4.07. The Kier molecular flexibility index (Phi) is 5.26. The van der Waals surface area contributed by atoms with E-state index in [2.05, 4.69) is 0 Å². The Balaban J connectivity index is 1.98. The van der Waals surface area contributed by atoms with Crippen molar-refractivity contribution in [2.75, 3.05) is 26.3 Å². The van der Waals surface area contributed by atoms with E-state index in [9.17, 15) is 5.11 Å². The van der Waals surface area contributed by atoms with E-state index in [1.807, 2.05) is 23.1 Å². The first-order valence-electron chi connectivity index (χ1n) is 6.90. The second kappa shape index (κ2) is 6.95. The minimum Gasteiger partial charge on any atom is -0.492 e. The summed E-state index contributed by atoms with van der Waals surface area (Å²) in [5.74, 6) is 1.69. The van der Waals surface area contributed by atoms with Gasteiger partial charge in [-0.15, -0.1) is 0 Å². The molecule has 4 nitrogen and oxygen atoms in total. The second-order valence-corrected chi connectivity index (χ2v) is 5.67. The largest absolute Gasteiger partial charge is 0.492 e. The van der Waals surface area contributed by atoms with E-state index >= 15 is 0 Å². The molecule has 0 bridgehead atoms. The number of rotatable bonds is 4. The summed E-state index contributed by atoms with van der Waals surface area (Å²) in [7, 11) is 0. The minimum absolute atomic E-state index is 0.168. The summed E-state index contributed by atoms with van der Waals surface area (Å²) in [4.78, 5) is 2.03. The summed E-state index contributed by atoms with van der Waals surface area (Å²) >= 11 is 6.07. The van der Waals surface area contributed by atoms with Crippen LogP contribution in [-0.2, 0) is 0 Å². The molecule has 1 aliphatic heterocycles. The number of aliphatic hydroxyl groups excluding tert-OH is 1. The number of aliphatic hydroxyl groups is 1. The number of likely N-dealkylation sites (tertiary alicyclic amines) is 1. The molecular formula is C15H21ClN2O2. The molecule has 0 aromatic heterocycles. The molecule has 5 heteroatoms. The number of benzene rings is 1. The first-order chi connectivity index (χ1) is 9.61. The monoisotopic (exact) mass is 296 g/mol. The summed E-state index contributed by atoms with van der Waals surface area (Å²) < 4.78 is 5.80. The van der Waals surface area contributed by atoms with E-state index in [1.54, 1.807) is 13.0 Å². The molecular weight excluding hydrogens is 276 g/mol. The summed E-state index contributed by atoms with van der Waals surface area (Å²) in [5.41, 5.74) is 0. The van der Waals surface area contributed by atoms with Crippen molar-refractivity contribution in [1.29, 1.82) is 5.41 Å². The van der Waals surface area contributed by atoms with Gasteiger partial charge in [-0.3, -0.25) is 5.41 Å². The third-order valence-electron chi connectivity index (χ3n) is 3.89. The van der Waals surface area contributed by atoms with Crippen molar-refractivity contribution in [3.63, 3.8) is 0 Å². The predicted octanol–water partition coefficient (Wildman–Crippen LogP) is 2.65. The van der Waals surface area contributed by atoms with Crippen LogP contribution in [0.2, 0.25) is 5.02 Å². The van der Waals surface area contributed by atoms with E-state index in [4.69, 9.17) is 21.7 Å². The van der Waals surface area contributed by atoms with Crippen molar-refractivity contribution in [2.24, 2.45) is 11.8 Å². The Bertz CT molecular complexity index is 467. The lowest BCUT2D eigenvalue weighted by Gasteiger charge is -2.38. The maximum Gasteiger partial charge on any atom is 0.137 e. The molecule has 2 N–H and O–H groups in total. The summed E-state index contributed by atoms with van der Waals surface area (Å²) in [6, 6.07) is 7.40. The van der Waals surface area contributed by atoms with Gasteiger partial charge in [-0.2, -0.15) is 0 Å². The van der Waals surface area contributed by atoms with Gasteiger partial charge >= 0.3 is 0 Å². The molecule has 0 radical (unpaired) electrons. The lowest BCUT2D eigenvalue weighted by atomic mass is 9.86. The van der Waals surface area contributed by atoms with Gasteiger partial charge in [0.2, 0.25) is 0 Å². The zero-order chi connectivity index (χ0) is 14.5. The van der Waals surface area contributed by atoms with Crippen LogP contribution >= 0.6 is 11.6 Å². The topological polar surface area (TPSA) is 56.6 Å². The highest BCUT2D eigenvalue weighted by Crippen LogP contribution is 2.27. The Morgan fingerprint density at radius 3 is 2.85 bits per heavy atom. The molecule has 1 aliphatic rings. The molecule has 0 saturated carbocycles. The molecule has 1 aromatic rings. The van der Waals surface area contributed by atoms with Crippen molar-refractivity contribution in [3.05, 3.63) is 29.3 Å². The predicted molar refractivity (Wildman–Crippen MR) is 80.6 cm³/mol. The third kappa shape index (κ3) is 3.64. The van der Waals surface area contributed by atoms with E-state index in [0.29, 0.717) is 23.2 Å². The number of hydrogen-bond acceptors (Lipinski definition) is 3. The van der Waals surface area contributed by atoms with Gasteiger partial charge in [0, 0.05) is 25.6 Å². The molecule has 0 aliphatic carbocycles. The van der Waals surface area contributed by atoms with Gasteiger partial charge in [0.25, 0.3) is 0 Å². The van der Waals surface area contributed by atoms with Crippen LogP contribution < -0.4 is 4.74 Å². The van der Waals surface area contributed by atoms with Crippen molar-refractivity contribution in [3.8, 4) is 5.75 Å². The van der Waals surface area contributed by atoms with Gasteiger partial charge in [0.1, 0.15) is 5.75 Å². The number of hydrogen-bond donors (Lipinski definition) is 2. The average molecular weight is 297 g/mol. The van der Waals surface area contributed by atoms with Crippen LogP contribution in [0.5, 0.6) is 5.75 Å². The molecule has 20 heavy (non-hydrogen) atoms. The van der Waals surface area contributed by atoms with E-state index < -0.39 is 0 Å². The molecule has 2 atom stereocenters. The highest BCUT2D eigenvalue weighted by atomic mass is 35.5. The number of nitrogens with zero attached hydrogens (tertiary/aromatic N) is 1. The number of amidine groups is 1. The van der Waals surface area contributed by atoms with E-state index in [1.165, 1.54) is 0 Å². The maximum atomic E-state index is 9.48. The number of nitrogens with one attached hydrogen (secondary N) is 1. The minimum atomic E-state index is 0.168. The van der Waals surface area contributed by atoms with Crippen LogP contribution in [0.3, 0.4) is 0 Å². The molecule has 0 spiro atoms. The van der Waals surface area contributed by atoms with Gasteiger partial charge in [-0.25, -0.2) is 0 Å². The molecule has 2 unspecified atom stereocenters. The zero-order valence-corrected chi connectivity index (χ0v) is 12.4. The van der Waals surface area contributed by atoms with Crippen LogP contribution in [0.25, 0.3) is 0 Å². The summed E-state index contributed by atoms with van der Waals surface area (Å²) in [6.07, 6.45) is 0.892. The standard InChI is InChI=1S/C15H21ClN2O2/c1-11(17)18-7-6-12(9-19)13(8-18)10-20-15-5-3-2-4-14(15)16/h2-5,12-13,17,19H,6-10H2,1H3. The number of ether oxygens (including phenoxy) is 1. The van der Waals surface area contributed by atoms with Crippen molar-refractivity contribution < 1.29 is 9.84 Å². The number of halogens is 1. The second-order valence-electron chi connectivity index (χ2n) is 5.26. The van der Waals surface area contributed by atoms with E-state index in [-0.39, 0.29) is 18.4 Å². The quantitative estimate of drug-likeness (QED) is 0.663. The molecule has 1 fully saturated rings. The van der Waals surface area contributed by atoms with Crippen LogP contribution in [0.4, 0.5) is 0 Å². The van der Waals surface area contributed by atoms with Crippen LogP contribution in [0.15, 0.2) is 24.3 Å². The molecule has 0 amide bonds. The molecule has 1 saturated heterocycles. The molecule has 1 aromatic carbocycles. The van der Waals surface area contributed by atoms with Gasteiger partial charge in [-0.05, 0) is 31.4 Å². The van der Waals surface area contributed by atoms with Crippen molar-refractivity contribution in [1.82, 2.24) is 4.90 Å². The normalized spacial score (nSPS) is 22.6. The van der Waals surface area contributed by atoms with Gasteiger partial charge in [0.15, 0.2) is 0 Å². The smallest absolute Gasteiger partial charge is 0.137 e. The fraction of sp³-hybridized carbons (Fsp3) is 0.533. The van der Waals surface area contributed by atoms with Crippen LogP contribution in [0.1, 0.15) is 13.3 Å².